The molecule has 1 aliphatic carbocycles. The molecule has 9 heteroatoms. The number of carbonyl (C=O) groups excluding carboxylic acids is 2. The van der Waals surface area contributed by atoms with Gasteiger partial charge in [-0.15, -0.1) is 4.99 Å². The average molecular weight is 655 g/mol. The molecule has 0 aromatic carbocycles. The number of nitrogens with zero attached hydrogens (tertiary/aromatic N) is 1. The molecule has 0 amide bonds. The maximum absolute atomic E-state index is 13.6. The van der Waals surface area contributed by atoms with E-state index in [1.54, 1.807) is 14.2 Å². The number of hydrogen-bond donors (Lipinski definition) is 3. The summed E-state index contributed by atoms with van der Waals surface area (Å²) in [7, 11) is 3.42. The fraction of sp³-hybridized carbons (Fsp3) is 0.789. The standard InChI is InChI=1S/C38H60N3O6/c1-5-27-10-12-35(47-26(2)42)23-34(43)20-29(30-11-13-36(44)37(21-30)46-4)8-6-15-40-38-22-31(14-16-41-38)28(9-7-17-45-3)19-33-25-39-24-32(33)18-27/h24-25,27-31,35-38,40-41,44H,5,7,9-23H2,1-4H3/q+1. The lowest BCUT2D eigenvalue weighted by Gasteiger charge is -2.36. The molecule has 9 nitrogen and oxygen atoms in total. The van der Waals surface area contributed by atoms with E-state index >= 15 is 0 Å². The number of aliphatic hydroxyl groups is 1. The predicted molar refractivity (Wildman–Crippen MR) is 184 cm³/mol. The lowest BCUT2D eigenvalue weighted by molar-refractivity contribution is -0.148. The minimum absolute atomic E-state index is 0.0740. The zero-order chi connectivity index (χ0) is 33.6. The second-order valence-corrected chi connectivity index (χ2v) is 14.3. The summed E-state index contributed by atoms with van der Waals surface area (Å²) in [5.74, 6) is 8.14. The molecule has 2 bridgehead atoms. The molecule has 3 N–H and O–H groups in total. The van der Waals surface area contributed by atoms with Gasteiger partial charge in [-0.25, -0.2) is 0 Å². The number of aliphatic imine (C=N–C) groups is 1. The number of carbonyl (C=O) groups is 2. The zero-order valence-corrected chi connectivity index (χ0v) is 29.3. The second kappa shape index (κ2) is 19.7. The van der Waals surface area contributed by atoms with Gasteiger partial charge in [0.2, 0.25) is 0 Å². The van der Waals surface area contributed by atoms with E-state index in [0.29, 0.717) is 50.0 Å². The normalized spacial score (nSPS) is 34.5. The first-order chi connectivity index (χ1) is 22.8. The molecule has 9 unspecified atom stereocenters. The molecule has 0 radical (unpaired) electrons. The first-order valence-electron chi connectivity index (χ1n) is 18.2. The van der Waals surface area contributed by atoms with Crippen LogP contribution >= 0.6 is 0 Å². The second-order valence-electron chi connectivity index (χ2n) is 14.3. The van der Waals surface area contributed by atoms with Gasteiger partial charge in [0.1, 0.15) is 24.0 Å². The van der Waals surface area contributed by atoms with Gasteiger partial charge in [0, 0.05) is 59.4 Å². The highest BCUT2D eigenvalue weighted by Gasteiger charge is 2.35. The summed E-state index contributed by atoms with van der Waals surface area (Å²) >= 11 is 0. The number of ketones is 1. The molecule has 3 aliphatic heterocycles. The number of Topliss-reactive ketones (excluding diaryl/α,β-unsaturated/α-hetero) is 1. The molecule has 4 rings (SSSR count). The van der Waals surface area contributed by atoms with E-state index in [0.717, 1.165) is 70.9 Å². The zero-order valence-electron chi connectivity index (χ0n) is 29.3. The van der Waals surface area contributed by atoms with Crippen LogP contribution in [0, 0.1) is 48.0 Å². The molecule has 0 aromatic heterocycles. The van der Waals surface area contributed by atoms with E-state index in [1.807, 2.05) is 6.21 Å². The van der Waals surface area contributed by atoms with Gasteiger partial charge in [0.05, 0.1) is 30.5 Å². The van der Waals surface area contributed by atoms with Gasteiger partial charge >= 0.3 is 5.97 Å². The molecule has 1 saturated carbocycles. The Bertz CT molecular complexity index is 1130. The van der Waals surface area contributed by atoms with Crippen molar-refractivity contribution >= 4 is 18.0 Å². The minimum Gasteiger partial charge on any atom is -0.462 e. The van der Waals surface area contributed by atoms with Crippen LogP contribution in [0.25, 0.3) is 0 Å². The summed E-state index contributed by atoms with van der Waals surface area (Å²) in [5, 5.41) is 17.8. The van der Waals surface area contributed by atoms with E-state index in [2.05, 4.69) is 40.9 Å². The highest BCUT2D eigenvalue weighted by Crippen LogP contribution is 2.37. The van der Waals surface area contributed by atoms with Gasteiger partial charge < -0.3 is 24.6 Å². The van der Waals surface area contributed by atoms with Crippen LogP contribution in [0.15, 0.2) is 16.1 Å². The third kappa shape index (κ3) is 12.0. The minimum atomic E-state index is -0.488. The Balaban J connectivity index is 1.58. The summed E-state index contributed by atoms with van der Waals surface area (Å²) < 4.78 is 16.8. The molecular formula is C38H60N3O6+. The first kappa shape index (κ1) is 37.6. The lowest BCUT2D eigenvalue weighted by atomic mass is 9.75. The highest BCUT2D eigenvalue weighted by atomic mass is 16.5. The summed E-state index contributed by atoms with van der Waals surface area (Å²) in [4.78, 5) is 30.3. The summed E-state index contributed by atoms with van der Waals surface area (Å²) in [5.41, 5.74) is 2.69. The van der Waals surface area contributed by atoms with Crippen molar-refractivity contribution in [3.05, 3.63) is 17.7 Å². The van der Waals surface area contributed by atoms with Crippen molar-refractivity contribution in [3.63, 3.8) is 0 Å². The number of rotatable bonds is 8. The van der Waals surface area contributed by atoms with Crippen molar-refractivity contribution in [2.24, 2.45) is 34.6 Å². The predicted octanol–water partition coefficient (Wildman–Crippen LogP) is 5.16. The molecule has 0 spiro atoms. The lowest BCUT2D eigenvalue weighted by Crippen LogP contribution is -2.49. The Kier molecular flexibility index (Phi) is 15.8. The van der Waals surface area contributed by atoms with Gasteiger partial charge in [0.25, 0.3) is 0 Å². The van der Waals surface area contributed by atoms with Crippen LogP contribution < -0.4 is 10.6 Å². The van der Waals surface area contributed by atoms with Crippen LogP contribution in [-0.4, -0.2) is 81.5 Å². The SMILES string of the molecule is CCC1CCC(OC(C)=O)CC(=O)CC(C2CCC(O)C(OC)C2)C#CCNC2CC(CCN2)C(CCCOC)CC2=C(C=N[CH+]2)C1. The van der Waals surface area contributed by atoms with Gasteiger partial charge in [-0.3, -0.25) is 14.9 Å². The van der Waals surface area contributed by atoms with Crippen LogP contribution in [0.4, 0.5) is 0 Å². The highest BCUT2D eigenvalue weighted by molar-refractivity contribution is 5.84. The quantitative estimate of drug-likeness (QED) is 0.142. The number of methoxy groups -OCH3 is 2. The van der Waals surface area contributed by atoms with Gasteiger partial charge in [-0.05, 0) is 88.0 Å². The number of hydrogen-bond acceptors (Lipinski definition) is 9. The van der Waals surface area contributed by atoms with Crippen LogP contribution in [0.5, 0.6) is 0 Å². The Morgan fingerprint density at radius 1 is 1.06 bits per heavy atom. The summed E-state index contributed by atoms with van der Waals surface area (Å²) in [6.45, 7) is 8.01. The number of aliphatic hydroxyl groups excluding tert-OH is 1. The van der Waals surface area contributed by atoms with Crippen LogP contribution in [0.2, 0.25) is 0 Å². The monoisotopic (exact) mass is 654 g/mol. The molecule has 0 aromatic rings. The number of piperidine rings is 1. The third-order valence-electron chi connectivity index (χ3n) is 11.0. The number of ether oxygens (including phenoxy) is 3. The average Bonchev–Trinajstić information content (AvgIpc) is 3.49. The summed E-state index contributed by atoms with van der Waals surface area (Å²) in [6, 6.07) is 0. The van der Waals surface area contributed by atoms with E-state index in [-0.39, 0.29) is 42.3 Å². The molecule has 3 heterocycles. The fourth-order valence-corrected chi connectivity index (χ4v) is 8.22. The molecule has 262 valence electrons. The molecule has 47 heavy (non-hydrogen) atoms. The Morgan fingerprint density at radius 3 is 2.68 bits per heavy atom. The van der Waals surface area contributed by atoms with Crippen molar-refractivity contribution in [1.29, 1.82) is 0 Å². The van der Waals surface area contributed by atoms with E-state index in [1.165, 1.54) is 18.1 Å². The fourth-order valence-electron chi connectivity index (χ4n) is 8.22. The largest absolute Gasteiger partial charge is 0.462 e. The van der Waals surface area contributed by atoms with Crippen LogP contribution in [0.3, 0.4) is 0 Å². The Hall–Kier alpha value is -2.22. The molecule has 9 atom stereocenters. The number of fused-ring (bicyclic) bond motifs is 2. The maximum Gasteiger partial charge on any atom is 0.302 e. The first-order valence-corrected chi connectivity index (χ1v) is 18.2. The van der Waals surface area contributed by atoms with Crippen molar-refractivity contribution in [3.8, 4) is 11.8 Å². The Morgan fingerprint density at radius 2 is 1.91 bits per heavy atom. The van der Waals surface area contributed by atoms with Crippen molar-refractivity contribution in [2.45, 2.75) is 128 Å². The smallest absolute Gasteiger partial charge is 0.302 e. The van der Waals surface area contributed by atoms with Crippen molar-refractivity contribution < 1.29 is 28.9 Å². The Labute approximate surface area is 283 Å². The number of allylic oxidation sites excluding steroid dienone is 1. The van der Waals surface area contributed by atoms with Crippen molar-refractivity contribution in [2.75, 3.05) is 33.9 Å². The van der Waals surface area contributed by atoms with E-state index in [4.69, 9.17) is 14.2 Å². The van der Waals surface area contributed by atoms with Crippen LogP contribution in [-0.2, 0) is 23.8 Å². The van der Waals surface area contributed by atoms with E-state index < -0.39 is 12.2 Å². The van der Waals surface area contributed by atoms with Crippen LogP contribution in [0.1, 0.15) is 104 Å². The molecule has 2 fully saturated rings. The number of esters is 1. The maximum atomic E-state index is 13.6. The topological polar surface area (TPSA) is 118 Å². The molecule has 4 aliphatic rings. The van der Waals surface area contributed by atoms with Gasteiger partial charge in [-0.2, -0.15) is 0 Å². The molecule has 1 saturated heterocycles. The number of nitrogens with one attached hydrogen (secondary N) is 2. The van der Waals surface area contributed by atoms with Gasteiger partial charge in [-0.1, -0.05) is 25.2 Å². The summed E-state index contributed by atoms with van der Waals surface area (Å²) in [6.07, 6.45) is 12.6. The van der Waals surface area contributed by atoms with Gasteiger partial charge in [0.15, 0.2) is 6.21 Å². The van der Waals surface area contributed by atoms with E-state index in [9.17, 15) is 14.7 Å². The third-order valence-corrected chi connectivity index (χ3v) is 11.0. The molecular weight excluding hydrogens is 594 g/mol. The van der Waals surface area contributed by atoms with Crippen molar-refractivity contribution in [1.82, 2.24) is 10.6 Å².